The van der Waals surface area contributed by atoms with Gasteiger partial charge < -0.3 is 15.1 Å². The van der Waals surface area contributed by atoms with Gasteiger partial charge in [-0.1, -0.05) is 19.1 Å². The normalized spacial score (nSPS) is 13.5. The molecule has 20 heavy (non-hydrogen) atoms. The topological polar surface area (TPSA) is 66.2 Å². The first-order valence-corrected chi connectivity index (χ1v) is 6.70. The molecule has 2 unspecified atom stereocenters. The number of hydrogen-bond acceptors (Lipinski definition) is 4. The fraction of sp³-hybridized carbons (Fsp3) is 0.312. The van der Waals surface area contributed by atoms with E-state index in [1.807, 2.05) is 55.3 Å². The van der Waals surface area contributed by atoms with Gasteiger partial charge in [-0.15, -0.1) is 0 Å². The van der Waals surface area contributed by atoms with Gasteiger partial charge in [0.25, 0.3) is 0 Å². The Balaban J connectivity index is 2.41. The Kier molecular flexibility index (Phi) is 4.44. The molecular weight excluding hydrogens is 250 g/mol. The van der Waals surface area contributed by atoms with Gasteiger partial charge in [0.15, 0.2) is 0 Å². The lowest BCUT2D eigenvalue weighted by molar-refractivity contribution is 0.406. The Hall–Kier alpha value is -2.25. The van der Waals surface area contributed by atoms with Gasteiger partial charge in [-0.05, 0) is 30.7 Å². The predicted octanol–water partition coefficient (Wildman–Crippen LogP) is 3.07. The summed E-state index contributed by atoms with van der Waals surface area (Å²) in [6, 6.07) is 13.3. The molecule has 0 aliphatic carbocycles. The maximum Gasteiger partial charge on any atom is 0.127 e. The lowest BCUT2D eigenvalue weighted by atomic mass is 10.0. The first-order chi connectivity index (χ1) is 9.69. The average molecular weight is 269 g/mol. The summed E-state index contributed by atoms with van der Waals surface area (Å²) in [6.45, 7) is 2.05. The lowest BCUT2D eigenvalue weighted by Crippen LogP contribution is -2.39. The number of anilines is 1. The van der Waals surface area contributed by atoms with Crippen molar-refractivity contribution < 1.29 is 4.42 Å². The van der Waals surface area contributed by atoms with Gasteiger partial charge in [0, 0.05) is 13.1 Å². The quantitative estimate of drug-likeness (QED) is 0.906. The molecule has 1 aromatic heterocycles. The molecule has 104 valence electrons. The molecule has 2 aromatic rings. The van der Waals surface area contributed by atoms with Crippen LogP contribution in [0, 0.1) is 11.3 Å². The SMILES string of the molecule is CCC(N)C(c1ccco1)N(C)c1ccccc1C#N. The molecule has 1 aromatic carbocycles. The first-order valence-electron chi connectivity index (χ1n) is 6.70. The van der Waals surface area contributed by atoms with Crippen molar-refractivity contribution in [3.63, 3.8) is 0 Å². The highest BCUT2D eigenvalue weighted by molar-refractivity contribution is 5.59. The van der Waals surface area contributed by atoms with E-state index in [9.17, 15) is 5.26 Å². The summed E-state index contributed by atoms with van der Waals surface area (Å²) in [5, 5.41) is 9.24. The smallest absolute Gasteiger partial charge is 0.127 e. The van der Waals surface area contributed by atoms with Crippen LogP contribution >= 0.6 is 0 Å². The highest BCUT2D eigenvalue weighted by atomic mass is 16.3. The van der Waals surface area contributed by atoms with E-state index in [1.165, 1.54) is 0 Å². The summed E-state index contributed by atoms with van der Waals surface area (Å²) in [5.41, 5.74) is 7.75. The minimum atomic E-state index is -0.0931. The second kappa shape index (κ2) is 6.27. The number of hydrogen-bond donors (Lipinski definition) is 1. The molecular formula is C16H19N3O. The minimum Gasteiger partial charge on any atom is -0.467 e. The minimum absolute atomic E-state index is 0.0714. The zero-order valence-corrected chi connectivity index (χ0v) is 11.8. The number of likely N-dealkylation sites (N-methyl/N-ethyl adjacent to an activating group) is 1. The summed E-state index contributed by atoms with van der Waals surface area (Å²) in [5.74, 6) is 0.814. The van der Waals surface area contributed by atoms with Crippen LogP contribution in [0.4, 0.5) is 5.69 Å². The van der Waals surface area contributed by atoms with Crippen molar-refractivity contribution in [2.75, 3.05) is 11.9 Å². The Morgan fingerprint density at radius 1 is 1.30 bits per heavy atom. The van der Waals surface area contributed by atoms with Crippen LogP contribution in [0.5, 0.6) is 0 Å². The number of nitriles is 1. The second-order valence-corrected chi connectivity index (χ2v) is 4.77. The van der Waals surface area contributed by atoms with E-state index >= 15 is 0 Å². The molecule has 2 atom stereocenters. The van der Waals surface area contributed by atoms with E-state index in [-0.39, 0.29) is 12.1 Å². The fourth-order valence-electron chi connectivity index (χ4n) is 2.40. The molecule has 0 aliphatic heterocycles. The van der Waals surface area contributed by atoms with Crippen molar-refractivity contribution in [3.8, 4) is 6.07 Å². The van der Waals surface area contributed by atoms with E-state index in [0.717, 1.165) is 17.9 Å². The summed E-state index contributed by atoms with van der Waals surface area (Å²) < 4.78 is 5.53. The van der Waals surface area contributed by atoms with Crippen LogP contribution in [-0.4, -0.2) is 13.1 Å². The number of nitrogens with zero attached hydrogens (tertiary/aromatic N) is 2. The molecule has 2 N–H and O–H groups in total. The van der Waals surface area contributed by atoms with Crippen molar-refractivity contribution in [3.05, 3.63) is 54.0 Å². The Morgan fingerprint density at radius 3 is 2.65 bits per heavy atom. The van der Waals surface area contributed by atoms with Gasteiger partial charge in [0.05, 0.1) is 17.5 Å². The molecule has 0 saturated heterocycles. The van der Waals surface area contributed by atoms with Crippen molar-refractivity contribution >= 4 is 5.69 Å². The van der Waals surface area contributed by atoms with Crippen molar-refractivity contribution in [2.45, 2.75) is 25.4 Å². The van der Waals surface area contributed by atoms with E-state index < -0.39 is 0 Å². The fourth-order valence-corrected chi connectivity index (χ4v) is 2.40. The average Bonchev–Trinajstić information content (AvgIpc) is 3.00. The van der Waals surface area contributed by atoms with Crippen LogP contribution in [-0.2, 0) is 0 Å². The molecule has 0 spiro atoms. The standard InChI is InChI=1S/C16H19N3O/c1-3-13(18)16(15-9-6-10-20-15)19(2)14-8-5-4-7-12(14)11-17/h4-10,13,16H,3,18H2,1-2H3. The molecule has 0 aliphatic rings. The highest BCUT2D eigenvalue weighted by Gasteiger charge is 2.27. The number of furan rings is 1. The number of para-hydroxylation sites is 1. The highest BCUT2D eigenvalue weighted by Crippen LogP contribution is 2.31. The van der Waals surface area contributed by atoms with E-state index in [0.29, 0.717) is 5.56 Å². The Labute approximate surface area is 119 Å². The Morgan fingerprint density at radius 2 is 2.05 bits per heavy atom. The Bertz CT molecular complexity index is 586. The van der Waals surface area contributed by atoms with Crippen LogP contribution in [0.25, 0.3) is 0 Å². The first kappa shape index (κ1) is 14.2. The van der Waals surface area contributed by atoms with Gasteiger partial charge in [-0.25, -0.2) is 0 Å². The summed E-state index contributed by atoms with van der Waals surface area (Å²) in [6.07, 6.45) is 2.47. The zero-order valence-electron chi connectivity index (χ0n) is 11.8. The third-order valence-corrected chi connectivity index (χ3v) is 3.53. The van der Waals surface area contributed by atoms with E-state index in [2.05, 4.69) is 6.07 Å². The van der Waals surface area contributed by atoms with E-state index in [1.54, 1.807) is 6.26 Å². The van der Waals surface area contributed by atoms with Gasteiger partial charge in [-0.3, -0.25) is 0 Å². The molecule has 4 nitrogen and oxygen atoms in total. The van der Waals surface area contributed by atoms with Gasteiger partial charge in [0.1, 0.15) is 17.9 Å². The summed E-state index contributed by atoms with van der Waals surface area (Å²) >= 11 is 0. The molecule has 0 amide bonds. The molecule has 0 radical (unpaired) electrons. The number of benzene rings is 1. The molecule has 4 heteroatoms. The van der Waals surface area contributed by atoms with Crippen LogP contribution < -0.4 is 10.6 Å². The van der Waals surface area contributed by atoms with Gasteiger partial charge >= 0.3 is 0 Å². The monoisotopic (exact) mass is 269 g/mol. The second-order valence-electron chi connectivity index (χ2n) is 4.77. The van der Waals surface area contributed by atoms with Crippen LogP contribution in [0.15, 0.2) is 47.1 Å². The molecule has 0 fully saturated rings. The van der Waals surface area contributed by atoms with Crippen LogP contribution in [0.1, 0.15) is 30.7 Å². The van der Waals surface area contributed by atoms with Gasteiger partial charge in [0.2, 0.25) is 0 Å². The molecule has 1 heterocycles. The third kappa shape index (κ3) is 2.68. The predicted molar refractivity (Wildman–Crippen MR) is 79.3 cm³/mol. The molecule has 2 rings (SSSR count). The molecule has 0 saturated carbocycles. The van der Waals surface area contributed by atoms with Crippen molar-refractivity contribution in [2.24, 2.45) is 5.73 Å². The lowest BCUT2D eigenvalue weighted by Gasteiger charge is -2.33. The van der Waals surface area contributed by atoms with Crippen molar-refractivity contribution in [1.29, 1.82) is 5.26 Å². The third-order valence-electron chi connectivity index (χ3n) is 3.53. The maximum atomic E-state index is 9.24. The van der Waals surface area contributed by atoms with Gasteiger partial charge in [-0.2, -0.15) is 5.26 Å². The van der Waals surface area contributed by atoms with Crippen LogP contribution in [0.2, 0.25) is 0 Å². The largest absolute Gasteiger partial charge is 0.467 e. The summed E-state index contributed by atoms with van der Waals surface area (Å²) in [7, 11) is 1.94. The summed E-state index contributed by atoms with van der Waals surface area (Å²) in [4.78, 5) is 2.02. The van der Waals surface area contributed by atoms with E-state index in [4.69, 9.17) is 10.2 Å². The number of nitrogens with two attached hydrogens (primary N) is 1. The van der Waals surface area contributed by atoms with Crippen molar-refractivity contribution in [1.82, 2.24) is 0 Å². The molecule has 0 bridgehead atoms. The maximum absolute atomic E-state index is 9.24. The zero-order chi connectivity index (χ0) is 14.5. The van der Waals surface area contributed by atoms with Crippen LogP contribution in [0.3, 0.4) is 0 Å². The number of rotatable bonds is 5.